The van der Waals surface area contributed by atoms with Gasteiger partial charge in [0, 0.05) is 32.2 Å². The number of hydrogen-bond acceptors (Lipinski definition) is 6. The Morgan fingerprint density at radius 1 is 1.25 bits per heavy atom. The Kier molecular flexibility index (Phi) is 8.08. The maximum atomic E-state index is 14.4. The third-order valence-corrected chi connectivity index (χ3v) is 7.67. The van der Waals surface area contributed by atoms with Crippen molar-refractivity contribution in [3.63, 3.8) is 0 Å². The van der Waals surface area contributed by atoms with E-state index >= 15 is 0 Å². The highest BCUT2D eigenvalue weighted by Gasteiger charge is 2.53. The Labute approximate surface area is 229 Å². The fourth-order valence-electron chi connectivity index (χ4n) is 5.58. The summed E-state index contributed by atoms with van der Waals surface area (Å²) in [5.41, 5.74) is -3.17. The molecule has 0 unspecified atom stereocenters. The number of nitrogens with zero attached hydrogens (tertiary/aromatic N) is 3. The van der Waals surface area contributed by atoms with Crippen molar-refractivity contribution in [1.82, 2.24) is 15.1 Å². The number of anilines is 1. The van der Waals surface area contributed by atoms with Gasteiger partial charge in [-0.25, -0.2) is 9.59 Å². The van der Waals surface area contributed by atoms with E-state index in [0.29, 0.717) is 32.1 Å². The number of likely N-dealkylation sites (tertiary alicyclic amines) is 1. The SMILES string of the molecule is COC(=O)NCCN1C(=O)C2(CCC2)Oc2cc(C(F)(F)F)c(C(=O)N(C(C)C)[C@@H]3CCCN(C(=O)O)C3)cc21. The molecule has 1 atom stereocenters. The van der Waals surface area contributed by atoms with E-state index in [1.54, 1.807) is 13.8 Å². The first kappa shape index (κ1) is 29.3. The summed E-state index contributed by atoms with van der Waals surface area (Å²) in [5.74, 6) is -1.56. The number of amides is 4. The highest BCUT2D eigenvalue weighted by molar-refractivity contribution is 6.06. The predicted molar refractivity (Wildman–Crippen MR) is 135 cm³/mol. The molecule has 1 saturated carbocycles. The van der Waals surface area contributed by atoms with Crippen LogP contribution >= 0.6 is 0 Å². The van der Waals surface area contributed by atoms with Crippen molar-refractivity contribution in [3.05, 3.63) is 23.3 Å². The summed E-state index contributed by atoms with van der Waals surface area (Å²) in [6, 6.07) is 0.611. The third kappa shape index (κ3) is 5.48. The van der Waals surface area contributed by atoms with E-state index in [9.17, 15) is 37.5 Å². The minimum Gasteiger partial charge on any atom is -0.475 e. The first-order valence-corrected chi connectivity index (χ1v) is 13.2. The van der Waals surface area contributed by atoms with Crippen LogP contribution in [0.5, 0.6) is 5.75 Å². The van der Waals surface area contributed by atoms with Gasteiger partial charge in [0.25, 0.3) is 11.8 Å². The normalized spacial score (nSPS) is 20.0. The molecule has 0 aromatic heterocycles. The third-order valence-electron chi connectivity index (χ3n) is 7.67. The Morgan fingerprint density at radius 2 is 1.95 bits per heavy atom. The number of alkyl carbamates (subject to hydrolysis) is 1. The molecule has 0 radical (unpaired) electrons. The number of ether oxygens (including phenoxy) is 2. The van der Waals surface area contributed by atoms with Crippen molar-refractivity contribution in [2.45, 2.75) is 69.8 Å². The summed E-state index contributed by atoms with van der Waals surface area (Å²) in [5, 5.41) is 11.9. The van der Waals surface area contributed by atoms with E-state index in [0.717, 1.165) is 17.0 Å². The van der Waals surface area contributed by atoms with E-state index in [4.69, 9.17) is 4.74 Å². The molecule has 220 valence electrons. The summed E-state index contributed by atoms with van der Waals surface area (Å²) in [6.45, 7) is 3.41. The van der Waals surface area contributed by atoms with Crippen LogP contribution in [-0.4, -0.2) is 89.9 Å². The van der Waals surface area contributed by atoms with Gasteiger partial charge in [0.2, 0.25) is 0 Å². The molecular formula is C26H33F3N4O7. The number of carbonyl (C=O) groups excluding carboxylic acids is 3. The molecule has 2 fully saturated rings. The average molecular weight is 571 g/mol. The fraction of sp³-hybridized carbons (Fsp3) is 0.615. The number of piperidine rings is 1. The smallest absolute Gasteiger partial charge is 0.417 e. The molecule has 2 aliphatic heterocycles. The number of methoxy groups -OCH3 is 1. The van der Waals surface area contributed by atoms with E-state index < -0.39 is 59.0 Å². The van der Waals surface area contributed by atoms with Crippen molar-refractivity contribution in [2.24, 2.45) is 0 Å². The number of fused-ring (bicyclic) bond motifs is 1. The van der Waals surface area contributed by atoms with Crippen LogP contribution in [0.15, 0.2) is 12.1 Å². The van der Waals surface area contributed by atoms with Crippen LogP contribution < -0.4 is 15.0 Å². The number of benzene rings is 1. The van der Waals surface area contributed by atoms with Crippen molar-refractivity contribution >= 4 is 29.7 Å². The number of carboxylic acid groups (broad SMARTS) is 1. The van der Waals surface area contributed by atoms with Crippen LogP contribution in [-0.2, 0) is 15.7 Å². The zero-order chi connectivity index (χ0) is 29.4. The topological polar surface area (TPSA) is 129 Å². The number of halogens is 3. The number of nitrogens with one attached hydrogen (secondary N) is 1. The molecule has 0 bridgehead atoms. The molecular weight excluding hydrogens is 537 g/mol. The second kappa shape index (κ2) is 11.0. The standard InChI is InChI=1S/C26H33F3N4O7/c1-15(2)33(16-6-4-10-31(14-16)24(37)38)21(34)17-12-19-20(13-18(17)26(27,28)29)40-25(7-5-8-25)22(35)32(19)11-9-30-23(36)39-3/h12-13,15-16H,4-11,14H2,1-3H3,(H,30,36)(H,37,38)/t16-/m1/s1. The predicted octanol–water partition coefficient (Wildman–Crippen LogP) is 3.70. The van der Waals surface area contributed by atoms with Gasteiger partial charge in [-0.1, -0.05) is 0 Å². The van der Waals surface area contributed by atoms with Gasteiger partial charge in [0.15, 0.2) is 5.60 Å². The minimum atomic E-state index is -4.92. The van der Waals surface area contributed by atoms with Gasteiger partial charge in [-0.15, -0.1) is 0 Å². The highest BCUT2D eigenvalue weighted by Crippen LogP contribution is 2.49. The lowest BCUT2D eigenvalue weighted by Crippen LogP contribution is -2.61. The monoisotopic (exact) mass is 570 g/mol. The Hall–Kier alpha value is -3.71. The lowest BCUT2D eigenvalue weighted by molar-refractivity contribution is -0.143. The van der Waals surface area contributed by atoms with E-state index in [1.165, 1.54) is 16.9 Å². The second-order valence-corrected chi connectivity index (χ2v) is 10.5. The van der Waals surface area contributed by atoms with Crippen LogP contribution in [0.1, 0.15) is 61.9 Å². The van der Waals surface area contributed by atoms with Crippen LogP contribution in [0.4, 0.5) is 28.4 Å². The van der Waals surface area contributed by atoms with E-state index in [2.05, 4.69) is 10.1 Å². The Morgan fingerprint density at radius 3 is 2.50 bits per heavy atom. The van der Waals surface area contributed by atoms with Crippen molar-refractivity contribution in [3.8, 4) is 5.75 Å². The van der Waals surface area contributed by atoms with Gasteiger partial charge in [-0.05, 0) is 58.1 Å². The molecule has 4 rings (SSSR count). The molecule has 40 heavy (non-hydrogen) atoms. The van der Waals surface area contributed by atoms with Crippen LogP contribution in [0.25, 0.3) is 0 Å². The lowest BCUT2D eigenvalue weighted by atomic mass is 9.77. The molecule has 1 saturated heterocycles. The van der Waals surface area contributed by atoms with Gasteiger partial charge in [0.05, 0.1) is 30.0 Å². The molecule has 1 aromatic carbocycles. The fourth-order valence-corrected chi connectivity index (χ4v) is 5.58. The van der Waals surface area contributed by atoms with Crippen molar-refractivity contribution < 1.29 is 46.9 Å². The summed E-state index contributed by atoms with van der Waals surface area (Å²) < 4.78 is 53.6. The van der Waals surface area contributed by atoms with Gasteiger partial charge in [-0.3, -0.25) is 9.59 Å². The summed E-state index contributed by atoms with van der Waals surface area (Å²) in [7, 11) is 1.17. The zero-order valence-corrected chi connectivity index (χ0v) is 22.5. The van der Waals surface area contributed by atoms with Gasteiger partial charge in [-0.2, -0.15) is 13.2 Å². The van der Waals surface area contributed by atoms with E-state index in [-0.39, 0.29) is 37.6 Å². The summed E-state index contributed by atoms with van der Waals surface area (Å²) in [6.07, 6.45) is -4.62. The maximum Gasteiger partial charge on any atom is 0.417 e. The molecule has 3 aliphatic rings. The van der Waals surface area contributed by atoms with Crippen LogP contribution in [0.2, 0.25) is 0 Å². The highest BCUT2D eigenvalue weighted by atomic mass is 19.4. The Balaban J connectivity index is 1.77. The van der Waals surface area contributed by atoms with Gasteiger partial charge >= 0.3 is 18.4 Å². The number of rotatable bonds is 6. The largest absolute Gasteiger partial charge is 0.475 e. The Bertz CT molecular complexity index is 1190. The molecule has 2 heterocycles. The second-order valence-electron chi connectivity index (χ2n) is 10.5. The number of alkyl halides is 3. The van der Waals surface area contributed by atoms with Gasteiger partial charge < -0.3 is 34.6 Å². The molecule has 1 spiro atoms. The molecule has 2 N–H and O–H groups in total. The van der Waals surface area contributed by atoms with Gasteiger partial charge in [0.1, 0.15) is 5.75 Å². The molecule has 1 aromatic rings. The molecule has 1 aliphatic carbocycles. The minimum absolute atomic E-state index is 0.00921. The maximum absolute atomic E-state index is 14.4. The van der Waals surface area contributed by atoms with Crippen LogP contribution in [0, 0.1) is 0 Å². The van der Waals surface area contributed by atoms with E-state index in [1.807, 2.05) is 0 Å². The number of hydrogen-bond donors (Lipinski definition) is 2. The van der Waals surface area contributed by atoms with Crippen LogP contribution in [0.3, 0.4) is 0 Å². The number of carbonyl (C=O) groups is 4. The summed E-state index contributed by atoms with van der Waals surface area (Å²) in [4.78, 5) is 54.1. The lowest BCUT2D eigenvalue weighted by Gasteiger charge is -2.47. The molecule has 14 heteroatoms. The first-order valence-electron chi connectivity index (χ1n) is 13.2. The zero-order valence-electron chi connectivity index (χ0n) is 22.5. The average Bonchev–Trinajstić information content (AvgIpc) is 2.87. The first-order chi connectivity index (χ1) is 18.8. The quantitative estimate of drug-likeness (QED) is 0.534. The molecule has 4 amide bonds. The summed E-state index contributed by atoms with van der Waals surface area (Å²) >= 11 is 0. The van der Waals surface area contributed by atoms with Crippen molar-refractivity contribution in [2.75, 3.05) is 38.2 Å². The van der Waals surface area contributed by atoms with Crippen molar-refractivity contribution in [1.29, 1.82) is 0 Å². The molecule has 11 nitrogen and oxygen atoms in total.